The summed E-state index contributed by atoms with van der Waals surface area (Å²) in [6.45, 7) is 3.27. The molecule has 5 N–H and O–H groups in total. The number of aromatic nitrogens is 2. The zero-order valence-electron chi connectivity index (χ0n) is 10.3. The van der Waals surface area contributed by atoms with Crippen LogP contribution in [0.3, 0.4) is 0 Å². The number of benzene rings is 1. The van der Waals surface area contributed by atoms with Crippen molar-refractivity contribution in [2.24, 2.45) is 5.73 Å². The Labute approximate surface area is 104 Å². The number of nitrogens with zero attached hydrogens (tertiary/aromatic N) is 2. The highest BCUT2D eigenvalue weighted by Gasteiger charge is 2.21. The van der Waals surface area contributed by atoms with E-state index < -0.39 is 5.60 Å². The third-order valence-electron chi connectivity index (χ3n) is 2.60. The van der Waals surface area contributed by atoms with Crippen molar-refractivity contribution in [2.75, 3.05) is 0 Å². The first-order chi connectivity index (χ1) is 8.29. The van der Waals surface area contributed by atoms with Gasteiger partial charge in [0.25, 0.3) is 0 Å². The topological polar surface area (TPSA) is 108 Å². The van der Waals surface area contributed by atoms with Crippen LogP contribution in [0.2, 0.25) is 0 Å². The lowest BCUT2D eigenvalue weighted by Crippen LogP contribution is -2.24. The maximum absolute atomic E-state index is 10.1. The van der Waals surface area contributed by atoms with Gasteiger partial charge in [0.1, 0.15) is 17.2 Å². The Morgan fingerprint density at radius 2 is 2.17 bits per heavy atom. The molecular weight excluding hydrogens is 232 g/mol. The number of nitrogens with one attached hydrogen (secondary N) is 1. The Bertz CT molecular complexity index is 610. The van der Waals surface area contributed by atoms with Crippen molar-refractivity contribution in [3.63, 3.8) is 0 Å². The van der Waals surface area contributed by atoms with E-state index in [-0.39, 0.29) is 12.3 Å². The van der Waals surface area contributed by atoms with E-state index in [1.165, 1.54) is 0 Å². The van der Waals surface area contributed by atoms with Crippen LogP contribution < -0.4 is 5.73 Å². The second kappa shape index (κ2) is 3.99. The van der Waals surface area contributed by atoms with Gasteiger partial charge in [-0.1, -0.05) is 6.07 Å². The Morgan fingerprint density at radius 1 is 1.50 bits per heavy atom. The number of hydrogen-bond acceptors (Lipinski definition) is 4. The van der Waals surface area contributed by atoms with Crippen LogP contribution >= 0.6 is 0 Å². The molecule has 18 heavy (non-hydrogen) atoms. The van der Waals surface area contributed by atoms with E-state index in [0.717, 1.165) is 4.73 Å². The number of aliphatic hydroxyl groups is 1. The number of para-hydroxylation sites is 1. The number of fused-ring (bicyclic) bond motifs is 1. The van der Waals surface area contributed by atoms with Crippen molar-refractivity contribution in [3.05, 3.63) is 29.6 Å². The molecule has 0 saturated heterocycles. The van der Waals surface area contributed by atoms with Gasteiger partial charge >= 0.3 is 0 Å². The average molecular weight is 248 g/mol. The van der Waals surface area contributed by atoms with Gasteiger partial charge in [-0.15, -0.1) is 0 Å². The molecule has 0 unspecified atom stereocenters. The van der Waals surface area contributed by atoms with E-state index >= 15 is 0 Å². The van der Waals surface area contributed by atoms with Crippen LogP contribution in [0.25, 0.3) is 11.0 Å². The van der Waals surface area contributed by atoms with Gasteiger partial charge in [0.05, 0.1) is 11.1 Å². The lowest BCUT2D eigenvalue weighted by atomic mass is 10.1. The molecule has 2 aromatic rings. The van der Waals surface area contributed by atoms with E-state index in [2.05, 4.69) is 4.98 Å². The molecule has 0 aliphatic carbocycles. The number of nitrogen functional groups attached to an aromatic ring is 1. The van der Waals surface area contributed by atoms with Gasteiger partial charge in [0, 0.05) is 12.0 Å². The maximum atomic E-state index is 10.1. The van der Waals surface area contributed by atoms with Crippen LogP contribution in [0.15, 0.2) is 18.2 Å². The highest BCUT2D eigenvalue weighted by Crippen LogP contribution is 2.21. The zero-order chi connectivity index (χ0) is 13.5. The van der Waals surface area contributed by atoms with Gasteiger partial charge in [0.2, 0.25) is 0 Å². The number of imidazole rings is 1. The molecular formula is C12H16N4O2. The van der Waals surface area contributed by atoms with Crippen LogP contribution in [-0.2, 0) is 6.42 Å². The minimum Gasteiger partial charge on any atom is -0.427 e. The summed E-state index contributed by atoms with van der Waals surface area (Å²) in [5, 5.41) is 27.3. The van der Waals surface area contributed by atoms with E-state index in [9.17, 15) is 10.3 Å². The lowest BCUT2D eigenvalue weighted by molar-refractivity contribution is 0.0702. The number of amidine groups is 1. The highest BCUT2D eigenvalue weighted by molar-refractivity contribution is 6.05. The summed E-state index contributed by atoms with van der Waals surface area (Å²) in [6, 6.07) is 5.09. The molecule has 6 heteroatoms. The van der Waals surface area contributed by atoms with E-state index in [0.29, 0.717) is 22.4 Å². The van der Waals surface area contributed by atoms with Crippen LogP contribution in [0.4, 0.5) is 0 Å². The van der Waals surface area contributed by atoms with Gasteiger partial charge < -0.3 is 16.0 Å². The monoisotopic (exact) mass is 248 g/mol. The number of hydrogen-bond donors (Lipinski definition) is 4. The third-order valence-corrected chi connectivity index (χ3v) is 2.60. The summed E-state index contributed by atoms with van der Waals surface area (Å²) < 4.78 is 0.893. The molecule has 0 fully saturated rings. The third kappa shape index (κ3) is 2.14. The zero-order valence-corrected chi connectivity index (χ0v) is 10.3. The fourth-order valence-electron chi connectivity index (χ4n) is 1.88. The van der Waals surface area contributed by atoms with Crippen molar-refractivity contribution in [1.29, 1.82) is 5.41 Å². The quantitative estimate of drug-likeness (QED) is 0.367. The molecule has 96 valence electrons. The van der Waals surface area contributed by atoms with Gasteiger partial charge in [-0.2, -0.15) is 4.73 Å². The second-order valence-corrected chi connectivity index (χ2v) is 4.92. The molecule has 2 rings (SSSR count). The van der Waals surface area contributed by atoms with Crippen molar-refractivity contribution < 1.29 is 10.3 Å². The fraction of sp³-hybridized carbons (Fsp3) is 0.333. The Morgan fingerprint density at radius 3 is 2.72 bits per heavy atom. The molecule has 0 radical (unpaired) electrons. The maximum Gasteiger partial charge on any atom is 0.148 e. The molecule has 0 atom stereocenters. The van der Waals surface area contributed by atoms with E-state index in [1.807, 2.05) is 0 Å². The number of rotatable bonds is 3. The first-order valence-electron chi connectivity index (χ1n) is 5.56. The molecule has 0 aliphatic rings. The first-order valence-corrected chi connectivity index (χ1v) is 5.56. The summed E-state index contributed by atoms with van der Waals surface area (Å²) in [6.07, 6.45) is 0.204. The molecule has 0 saturated carbocycles. The largest absolute Gasteiger partial charge is 0.427 e. The summed E-state index contributed by atoms with van der Waals surface area (Å²) in [5.74, 6) is 0.205. The van der Waals surface area contributed by atoms with Gasteiger partial charge in [-0.25, -0.2) is 4.98 Å². The molecule has 1 aromatic heterocycles. The highest BCUT2D eigenvalue weighted by atomic mass is 16.5. The Kier molecular flexibility index (Phi) is 2.74. The van der Waals surface area contributed by atoms with Crippen molar-refractivity contribution in [3.8, 4) is 0 Å². The molecule has 6 nitrogen and oxygen atoms in total. The first kappa shape index (κ1) is 12.4. The summed E-state index contributed by atoms with van der Waals surface area (Å²) in [5.41, 5.74) is 5.85. The van der Waals surface area contributed by atoms with Crippen molar-refractivity contribution >= 4 is 16.9 Å². The summed E-state index contributed by atoms with van der Waals surface area (Å²) in [7, 11) is 0. The predicted molar refractivity (Wildman–Crippen MR) is 67.9 cm³/mol. The molecule has 1 aromatic carbocycles. The average Bonchev–Trinajstić information content (AvgIpc) is 2.53. The second-order valence-electron chi connectivity index (χ2n) is 4.92. The molecule has 1 heterocycles. The standard InChI is InChI=1S/C12H16N4O2/c1-12(2,17)6-9-15-8-5-3-4-7(11(13)14)10(8)16(9)18/h3-5,17-18H,6H2,1-2H3,(H3,13,14). The van der Waals surface area contributed by atoms with Crippen LogP contribution in [0.1, 0.15) is 25.2 Å². The minimum absolute atomic E-state index is 0.134. The van der Waals surface area contributed by atoms with Crippen LogP contribution in [-0.4, -0.2) is 31.5 Å². The fourth-order valence-corrected chi connectivity index (χ4v) is 1.88. The van der Waals surface area contributed by atoms with Crippen LogP contribution in [0, 0.1) is 5.41 Å². The van der Waals surface area contributed by atoms with Crippen molar-refractivity contribution in [2.45, 2.75) is 25.9 Å². The van der Waals surface area contributed by atoms with Gasteiger partial charge in [0.15, 0.2) is 0 Å². The van der Waals surface area contributed by atoms with Crippen LogP contribution in [0.5, 0.6) is 0 Å². The lowest BCUT2D eigenvalue weighted by Gasteiger charge is -2.15. The molecule has 0 bridgehead atoms. The van der Waals surface area contributed by atoms with E-state index in [1.54, 1.807) is 32.0 Å². The summed E-state index contributed by atoms with van der Waals surface area (Å²) in [4.78, 5) is 4.24. The summed E-state index contributed by atoms with van der Waals surface area (Å²) >= 11 is 0. The van der Waals surface area contributed by atoms with Gasteiger partial charge in [-0.3, -0.25) is 5.41 Å². The predicted octanol–water partition coefficient (Wildman–Crippen LogP) is 0.871. The molecule has 0 amide bonds. The SMILES string of the molecule is CC(C)(O)Cc1nc2cccc(C(=N)N)c2n1O. The molecule has 0 spiro atoms. The smallest absolute Gasteiger partial charge is 0.148 e. The Hall–Kier alpha value is -2.08. The van der Waals surface area contributed by atoms with Crippen molar-refractivity contribution in [1.82, 2.24) is 9.71 Å². The van der Waals surface area contributed by atoms with Gasteiger partial charge in [-0.05, 0) is 26.0 Å². The molecule has 0 aliphatic heterocycles. The normalized spacial score (nSPS) is 11.9. The minimum atomic E-state index is -0.974. The van der Waals surface area contributed by atoms with E-state index in [4.69, 9.17) is 11.1 Å². The number of nitrogens with two attached hydrogens (primary N) is 1. The Balaban J connectivity index is 2.64.